The Bertz CT molecular complexity index is 598. The number of anilines is 2. The molecule has 3 rings (SSSR count). The van der Waals surface area contributed by atoms with Gasteiger partial charge >= 0.3 is 0 Å². The molecule has 112 valence electrons. The molecule has 21 heavy (non-hydrogen) atoms. The SMILES string of the molecule is Nc1nc(Cl)cc(Sc2nnc(NCC3CCCO3)s2)n1. The predicted molar refractivity (Wildman–Crippen MR) is 83.0 cm³/mol. The van der Waals surface area contributed by atoms with Gasteiger partial charge in [0.1, 0.15) is 10.2 Å². The van der Waals surface area contributed by atoms with Crippen molar-refractivity contribution in [1.82, 2.24) is 20.2 Å². The summed E-state index contributed by atoms with van der Waals surface area (Å²) in [5.41, 5.74) is 5.56. The van der Waals surface area contributed by atoms with Crippen LogP contribution in [0.25, 0.3) is 0 Å². The molecule has 1 aliphatic rings. The number of aromatic nitrogens is 4. The van der Waals surface area contributed by atoms with Crippen molar-refractivity contribution in [2.45, 2.75) is 28.3 Å². The van der Waals surface area contributed by atoms with E-state index in [1.54, 1.807) is 6.07 Å². The van der Waals surface area contributed by atoms with Gasteiger partial charge in [0.15, 0.2) is 4.34 Å². The lowest BCUT2D eigenvalue weighted by Crippen LogP contribution is -2.18. The summed E-state index contributed by atoms with van der Waals surface area (Å²) in [6, 6.07) is 1.64. The number of nitrogens with two attached hydrogens (primary N) is 1. The normalized spacial score (nSPS) is 18.0. The lowest BCUT2D eigenvalue weighted by molar-refractivity contribution is 0.120. The molecule has 0 radical (unpaired) electrons. The lowest BCUT2D eigenvalue weighted by atomic mass is 10.2. The third kappa shape index (κ3) is 4.16. The molecular weight excluding hydrogens is 332 g/mol. The topological polar surface area (TPSA) is 98.8 Å². The van der Waals surface area contributed by atoms with Crippen LogP contribution in [-0.4, -0.2) is 39.4 Å². The Morgan fingerprint density at radius 3 is 3.14 bits per heavy atom. The molecule has 10 heteroatoms. The van der Waals surface area contributed by atoms with E-state index in [2.05, 4.69) is 25.5 Å². The van der Waals surface area contributed by atoms with Gasteiger partial charge in [0, 0.05) is 19.2 Å². The van der Waals surface area contributed by atoms with E-state index in [-0.39, 0.29) is 12.1 Å². The number of nitrogens with zero attached hydrogens (tertiary/aromatic N) is 4. The first-order valence-electron chi connectivity index (χ1n) is 6.36. The van der Waals surface area contributed by atoms with Crippen molar-refractivity contribution < 1.29 is 4.74 Å². The molecule has 0 amide bonds. The predicted octanol–water partition coefficient (Wildman–Crippen LogP) is 2.31. The second-order valence-electron chi connectivity index (χ2n) is 4.38. The Labute approximate surface area is 134 Å². The highest BCUT2D eigenvalue weighted by Gasteiger charge is 2.16. The monoisotopic (exact) mass is 344 g/mol. The lowest BCUT2D eigenvalue weighted by Gasteiger charge is -2.08. The van der Waals surface area contributed by atoms with Crippen molar-refractivity contribution in [3.05, 3.63) is 11.2 Å². The summed E-state index contributed by atoms with van der Waals surface area (Å²) in [7, 11) is 0. The minimum Gasteiger partial charge on any atom is -0.376 e. The fourth-order valence-electron chi connectivity index (χ4n) is 1.88. The molecule has 0 saturated carbocycles. The summed E-state index contributed by atoms with van der Waals surface area (Å²) in [6.07, 6.45) is 2.48. The van der Waals surface area contributed by atoms with Gasteiger partial charge in [-0.2, -0.15) is 0 Å². The molecule has 0 aromatic carbocycles. The fourth-order valence-corrected chi connectivity index (χ4v) is 3.85. The van der Waals surface area contributed by atoms with E-state index in [1.165, 1.54) is 23.1 Å². The zero-order chi connectivity index (χ0) is 14.7. The maximum Gasteiger partial charge on any atom is 0.222 e. The maximum absolute atomic E-state index is 5.84. The van der Waals surface area contributed by atoms with Crippen LogP contribution in [0.15, 0.2) is 15.4 Å². The smallest absolute Gasteiger partial charge is 0.222 e. The maximum atomic E-state index is 5.84. The molecule has 3 heterocycles. The van der Waals surface area contributed by atoms with Crippen LogP contribution < -0.4 is 11.1 Å². The van der Waals surface area contributed by atoms with Crippen LogP contribution in [0.1, 0.15) is 12.8 Å². The van der Waals surface area contributed by atoms with E-state index in [4.69, 9.17) is 22.1 Å². The number of rotatable bonds is 5. The molecular formula is C11H13ClN6OS2. The van der Waals surface area contributed by atoms with Crippen LogP contribution in [0, 0.1) is 0 Å². The summed E-state index contributed by atoms with van der Waals surface area (Å²) >= 11 is 8.65. The van der Waals surface area contributed by atoms with Crippen molar-refractivity contribution in [2.24, 2.45) is 0 Å². The third-order valence-corrected chi connectivity index (χ3v) is 4.84. The van der Waals surface area contributed by atoms with E-state index < -0.39 is 0 Å². The third-order valence-electron chi connectivity index (χ3n) is 2.79. The van der Waals surface area contributed by atoms with Crippen LogP contribution in [0.4, 0.5) is 11.1 Å². The molecule has 1 unspecified atom stereocenters. The van der Waals surface area contributed by atoms with Crippen LogP contribution in [0.2, 0.25) is 5.15 Å². The molecule has 0 spiro atoms. The fraction of sp³-hybridized carbons (Fsp3) is 0.455. The largest absolute Gasteiger partial charge is 0.376 e. The van der Waals surface area contributed by atoms with Crippen molar-refractivity contribution in [2.75, 3.05) is 24.2 Å². The first-order chi connectivity index (χ1) is 10.2. The van der Waals surface area contributed by atoms with Crippen LogP contribution in [-0.2, 0) is 4.74 Å². The van der Waals surface area contributed by atoms with Gasteiger partial charge in [0.25, 0.3) is 0 Å². The molecule has 1 fully saturated rings. The Balaban J connectivity index is 1.59. The Morgan fingerprint density at radius 1 is 1.48 bits per heavy atom. The van der Waals surface area contributed by atoms with E-state index in [9.17, 15) is 0 Å². The van der Waals surface area contributed by atoms with Gasteiger partial charge in [-0.15, -0.1) is 10.2 Å². The van der Waals surface area contributed by atoms with Gasteiger partial charge in [-0.3, -0.25) is 0 Å². The molecule has 7 nitrogen and oxygen atoms in total. The Morgan fingerprint density at radius 2 is 2.38 bits per heavy atom. The van der Waals surface area contributed by atoms with Gasteiger partial charge in [-0.05, 0) is 24.6 Å². The van der Waals surface area contributed by atoms with Gasteiger partial charge in [0.2, 0.25) is 11.1 Å². The van der Waals surface area contributed by atoms with Crippen molar-refractivity contribution in [3.63, 3.8) is 0 Å². The average Bonchev–Trinajstić information content (AvgIpc) is 3.06. The standard InChI is InChI=1S/C11H13ClN6OS2/c12-7-4-8(16-9(13)15-7)20-11-18-17-10(21-11)14-5-6-2-1-3-19-6/h4,6H,1-3,5H2,(H,14,17)(H2,13,15,16). The summed E-state index contributed by atoms with van der Waals surface area (Å²) in [5.74, 6) is 0.145. The molecule has 0 aliphatic carbocycles. The molecule has 1 atom stereocenters. The van der Waals surface area contributed by atoms with Crippen LogP contribution >= 0.6 is 34.7 Å². The molecule has 1 saturated heterocycles. The molecule has 0 bridgehead atoms. The molecule has 1 aliphatic heterocycles. The zero-order valence-electron chi connectivity index (χ0n) is 11.0. The Hall–Kier alpha value is -1.16. The van der Waals surface area contributed by atoms with E-state index in [1.807, 2.05) is 0 Å². The number of ether oxygens (including phenoxy) is 1. The van der Waals surface area contributed by atoms with Crippen LogP contribution in [0.3, 0.4) is 0 Å². The quantitative estimate of drug-likeness (QED) is 0.797. The number of hydrogen-bond donors (Lipinski definition) is 2. The molecule has 2 aromatic rings. The average molecular weight is 345 g/mol. The van der Waals surface area contributed by atoms with E-state index >= 15 is 0 Å². The highest BCUT2D eigenvalue weighted by Crippen LogP contribution is 2.32. The molecule has 3 N–H and O–H groups in total. The minimum atomic E-state index is 0.145. The highest BCUT2D eigenvalue weighted by atomic mass is 35.5. The van der Waals surface area contributed by atoms with Gasteiger partial charge in [-0.1, -0.05) is 22.9 Å². The van der Waals surface area contributed by atoms with Crippen molar-refractivity contribution >= 4 is 45.8 Å². The van der Waals surface area contributed by atoms with E-state index in [0.717, 1.165) is 35.5 Å². The summed E-state index contributed by atoms with van der Waals surface area (Å²) in [6.45, 7) is 1.60. The number of nitrogen functional groups attached to an aromatic ring is 1. The molecule has 2 aromatic heterocycles. The second-order valence-corrected chi connectivity index (χ2v) is 7.01. The van der Waals surface area contributed by atoms with Crippen molar-refractivity contribution in [3.8, 4) is 0 Å². The van der Waals surface area contributed by atoms with Gasteiger partial charge in [-0.25, -0.2) is 9.97 Å². The van der Waals surface area contributed by atoms with Gasteiger partial charge < -0.3 is 15.8 Å². The minimum absolute atomic E-state index is 0.145. The zero-order valence-corrected chi connectivity index (χ0v) is 13.3. The Kier molecular flexibility index (Phi) is 4.73. The second kappa shape index (κ2) is 6.73. The summed E-state index contributed by atoms with van der Waals surface area (Å²) in [5, 5.41) is 13.2. The summed E-state index contributed by atoms with van der Waals surface area (Å²) < 4.78 is 6.31. The number of hydrogen-bond acceptors (Lipinski definition) is 9. The first kappa shape index (κ1) is 14.8. The van der Waals surface area contributed by atoms with Crippen LogP contribution in [0.5, 0.6) is 0 Å². The number of halogens is 1. The van der Waals surface area contributed by atoms with Crippen molar-refractivity contribution in [1.29, 1.82) is 0 Å². The number of nitrogens with one attached hydrogen (secondary N) is 1. The first-order valence-corrected chi connectivity index (χ1v) is 8.37. The van der Waals surface area contributed by atoms with Gasteiger partial charge in [0.05, 0.1) is 6.10 Å². The van der Waals surface area contributed by atoms with E-state index in [0.29, 0.717) is 10.2 Å². The highest BCUT2D eigenvalue weighted by molar-refractivity contribution is 8.01. The summed E-state index contributed by atoms with van der Waals surface area (Å²) in [4.78, 5) is 7.91.